The summed E-state index contributed by atoms with van der Waals surface area (Å²) >= 11 is 5.89. The van der Waals surface area contributed by atoms with E-state index in [2.05, 4.69) is 35.1 Å². The summed E-state index contributed by atoms with van der Waals surface area (Å²) in [6, 6.07) is 6.29. The fourth-order valence-corrected chi connectivity index (χ4v) is 2.82. The molecule has 0 saturated heterocycles. The van der Waals surface area contributed by atoms with Gasteiger partial charge < -0.3 is 4.74 Å². The van der Waals surface area contributed by atoms with Crippen molar-refractivity contribution in [1.29, 1.82) is 0 Å². The number of hydrogen-bond donors (Lipinski definition) is 1. The highest BCUT2D eigenvalue weighted by molar-refractivity contribution is 7.79. The summed E-state index contributed by atoms with van der Waals surface area (Å²) in [6.07, 6.45) is 1.01. The van der Waals surface area contributed by atoms with Crippen molar-refractivity contribution in [3.63, 3.8) is 0 Å². The van der Waals surface area contributed by atoms with Crippen LogP contribution in [0.4, 0.5) is 0 Å². The fourth-order valence-electron chi connectivity index (χ4n) is 1.86. The minimum Gasteiger partial charge on any atom is -0.493 e. The molecule has 4 heteroatoms. The van der Waals surface area contributed by atoms with Crippen molar-refractivity contribution in [3.05, 3.63) is 34.2 Å². The summed E-state index contributed by atoms with van der Waals surface area (Å²) in [5.41, 5.74) is 3.51. The second-order valence-electron chi connectivity index (χ2n) is 3.71. The summed E-state index contributed by atoms with van der Waals surface area (Å²) in [5, 5.41) is 3.15. The highest BCUT2D eigenvalue weighted by Crippen LogP contribution is 2.31. The van der Waals surface area contributed by atoms with Crippen LogP contribution in [-0.2, 0) is 12.2 Å². The van der Waals surface area contributed by atoms with Gasteiger partial charge in [0, 0.05) is 23.1 Å². The van der Waals surface area contributed by atoms with Crippen molar-refractivity contribution in [2.75, 3.05) is 6.61 Å². The van der Waals surface area contributed by atoms with E-state index in [1.165, 1.54) is 11.1 Å². The van der Waals surface area contributed by atoms with Gasteiger partial charge in [-0.3, -0.25) is 0 Å². The van der Waals surface area contributed by atoms with E-state index < -0.39 is 0 Å². The van der Waals surface area contributed by atoms with Gasteiger partial charge in [0.2, 0.25) is 0 Å². The van der Waals surface area contributed by atoms with Crippen LogP contribution in [0.2, 0.25) is 0 Å². The highest BCUT2D eigenvalue weighted by atomic mass is 32.1. The van der Waals surface area contributed by atoms with Crippen LogP contribution >= 0.6 is 24.0 Å². The van der Waals surface area contributed by atoms with Gasteiger partial charge in [-0.15, -0.1) is 11.3 Å². The first-order valence-electron chi connectivity index (χ1n) is 5.18. The number of thiazole rings is 1. The Morgan fingerprint density at radius 1 is 1.44 bits per heavy atom. The first-order chi connectivity index (χ1) is 7.86. The molecule has 2 heterocycles. The number of aromatic nitrogens is 1. The summed E-state index contributed by atoms with van der Waals surface area (Å²) in [5.74, 6) is 1.73. The van der Waals surface area contributed by atoms with Gasteiger partial charge in [-0.25, -0.2) is 4.98 Å². The van der Waals surface area contributed by atoms with Crippen molar-refractivity contribution in [1.82, 2.24) is 4.98 Å². The molecule has 0 N–H and O–H groups in total. The summed E-state index contributed by atoms with van der Waals surface area (Å²) in [4.78, 5) is 4.53. The van der Waals surface area contributed by atoms with Gasteiger partial charge in [-0.2, -0.15) is 12.6 Å². The van der Waals surface area contributed by atoms with Gasteiger partial charge in [0.05, 0.1) is 12.3 Å². The lowest BCUT2D eigenvalue weighted by molar-refractivity contribution is 0.357. The van der Waals surface area contributed by atoms with Gasteiger partial charge in [-0.05, 0) is 23.8 Å². The average molecular weight is 249 g/mol. The number of hydrogen-bond acceptors (Lipinski definition) is 4. The predicted octanol–water partition coefficient (Wildman–Crippen LogP) is 3.17. The van der Waals surface area contributed by atoms with Gasteiger partial charge in [0.1, 0.15) is 10.8 Å². The molecule has 0 aliphatic carbocycles. The topological polar surface area (TPSA) is 22.1 Å². The lowest BCUT2D eigenvalue weighted by Crippen LogP contribution is -1.85. The second kappa shape index (κ2) is 4.11. The van der Waals surface area contributed by atoms with E-state index in [0.717, 1.165) is 29.5 Å². The Labute approximate surface area is 104 Å². The third-order valence-electron chi connectivity index (χ3n) is 2.67. The average Bonchev–Trinajstić information content (AvgIpc) is 2.96. The van der Waals surface area contributed by atoms with E-state index in [1.807, 2.05) is 6.07 Å². The molecule has 0 bridgehead atoms. The molecule has 0 atom stereocenters. The lowest BCUT2D eigenvalue weighted by Gasteiger charge is -2.01. The van der Waals surface area contributed by atoms with Crippen molar-refractivity contribution in [2.24, 2.45) is 0 Å². The number of rotatable bonds is 2. The number of fused-ring (bicyclic) bond motifs is 1. The molecule has 0 saturated carbocycles. The summed E-state index contributed by atoms with van der Waals surface area (Å²) < 4.78 is 5.49. The van der Waals surface area contributed by atoms with Gasteiger partial charge >= 0.3 is 0 Å². The Bertz CT molecular complexity index is 521. The molecule has 0 fully saturated rings. The van der Waals surface area contributed by atoms with Crippen LogP contribution in [0.25, 0.3) is 11.3 Å². The first kappa shape index (κ1) is 10.2. The van der Waals surface area contributed by atoms with Crippen molar-refractivity contribution in [3.8, 4) is 17.0 Å². The molecule has 2 nitrogen and oxygen atoms in total. The van der Waals surface area contributed by atoms with Crippen LogP contribution < -0.4 is 4.74 Å². The van der Waals surface area contributed by atoms with E-state index >= 15 is 0 Å². The van der Waals surface area contributed by atoms with Gasteiger partial charge in [0.25, 0.3) is 0 Å². The zero-order valence-corrected chi connectivity index (χ0v) is 10.4. The van der Waals surface area contributed by atoms with Gasteiger partial charge in [0.15, 0.2) is 0 Å². The molecule has 1 aliphatic heterocycles. The third-order valence-corrected chi connectivity index (χ3v) is 4.03. The Morgan fingerprint density at radius 2 is 2.38 bits per heavy atom. The molecule has 1 aromatic heterocycles. The zero-order valence-electron chi connectivity index (χ0n) is 8.64. The standard InChI is InChI=1S/C12H11NOS2/c15-6-12-13-10(7-16-12)8-1-2-11-9(5-8)3-4-14-11/h1-2,5,7,15H,3-4,6H2. The Balaban J connectivity index is 2.00. The number of nitrogens with zero attached hydrogens (tertiary/aromatic N) is 1. The van der Waals surface area contributed by atoms with Crippen molar-refractivity contribution in [2.45, 2.75) is 12.2 Å². The first-order valence-corrected chi connectivity index (χ1v) is 6.69. The molecule has 0 radical (unpaired) electrons. The van der Waals surface area contributed by atoms with Crippen LogP contribution in [-0.4, -0.2) is 11.6 Å². The quantitative estimate of drug-likeness (QED) is 0.826. The van der Waals surface area contributed by atoms with Crippen LogP contribution in [0, 0.1) is 0 Å². The van der Waals surface area contributed by atoms with Crippen LogP contribution in [0.5, 0.6) is 5.75 Å². The fraction of sp³-hybridized carbons (Fsp3) is 0.250. The van der Waals surface area contributed by atoms with Crippen LogP contribution in [0.1, 0.15) is 10.6 Å². The molecular weight excluding hydrogens is 238 g/mol. The van der Waals surface area contributed by atoms with E-state index in [4.69, 9.17) is 4.74 Å². The maximum atomic E-state index is 5.49. The summed E-state index contributed by atoms with van der Waals surface area (Å²) in [6.45, 7) is 0.803. The predicted molar refractivity (Wildman–Crippen MR) is 69.4 cm³/mol. The molecule has 3 rings (SSSR count). The SMILES string of the molecule is SCc1nc(-c2ccc3c(c2)CCO3)cs1. The zero-order chi connectivity index (χ0) is 11.0. The number of thiol groups is 1. The van der Waals surface area contributed by atoms with Crippen LogP contribution in [0.15, 0.2) is 23.6 Å². The van der Waals surface area contributed by atoms with Gasteiger partial charge in [-0.1, -0.05) is 0 Å². The minimum absolute atomic E-state index is 0.707. The molecule has 82 valence electrons. The smallest absolute Gasteiger partial charge is 0.122 e. The lowest BCUT2D eigenvalue weighted by atomic mass is 10.1. The van der Waals surface area contributed by atoms with Crippen molar-refractivity contribution < 1.29 is 4.74 Å². The second-order valence-corrected chi connectivity index (χ2v) is 4.96. The van der Waals surface area contributed by atoms with Crippen molar-refractivity contribution >= 4 is 24.0 Å². The van der Waals surface area contributed by atoms with E-state index in [1.54, 1.807) is 11.3 Å². The maximum Gasteiger partial charge on any atom is 0.122 e. The molecule has 0 amide bonds. The molecule has 1 aromatic carbocycles. The largest absolute Gasteiger partial charge is 0.493 e. The monoisotopic (exact) mass is 249 g/mol. The normalized spacial score (nSPS) is 13.6. The van der Waals surface area contributed by atoms with Crippen LogP contribution in [0.3, 0.4) is 0 Å². The molecule has 2 aromatic rings. The highest BCUT2D eigenvalue weighted by Gasteiger charge is 2.13. The molecule has 16 heavy (non-hydrogen) atoms. The Kier molecular flexibility index (Phi) is 2.61. The Morgan fingerprint density at radius 3 is 3.19 bits per heavy atom. The molecule has 0 unspecified atom stereocenters. The maximum absolute atomic E-state index is 5.49. The van der Waals surface area contributed by atoms with E-state index in [9.17, 15) is 0 Å². The minimum atomic E-state index is 0.707. The molecule has 1 aliphatic rings. The number of ether oxygens (including phenoxy) is 1. The summed E-state index contributed by atoms with van der Waals surface area (Å²) in [7, 11) is 0. The number of benzene rings is 1. The van der Waals surface area contributed by atoms with E-state index in [0.29, 0.717) is 5.75 Å². The van der Waals surface area contributed by atoms with E-state index in [-0.39, 0.29) is 0 Å². The molecule has 0 spiro atoms. The molecular formula is C12H11NOS2. The Hall–Kier alpha value is -1.00. The third kappa shape index (κ3) is 1.72.